The summed E-state index contributed by atoms with van der Waals surface area (Å²) in [7, 11) is 3.76. The Balaban J connectivity index is 2.91. The lowest BCUT2D eigenvalue weighted by atomic mass is 10.1. The van der Waals surface area contributed by atoms with Crippen molar-refractivity contribution in [1.29, 1.82) is 0 Å². The van der Waals surface area contributed by atoms with Gasteiger partial charge in [-0.1, -0.05) is 0 Å². The van der Waals surface area contributed by atoms with Gasteiger partial charge in [-0.15, -0.1) is 0 Å². The van der Waals surface area contributed by atoms with Gasteiger partial charge in [0.05, 0.1) is 0 Å². The maximum atomic E-state index is 11.7. The van der Waals surface area contributed by atoms with Crippen LogP contribution < -0.4 is 0 Å². The number of ketones is 1. The fraction of sp³-hybridized carbons (Fsp3) is 0.333. The molecule has 0 amide bonds. The summed E-state index contributed by atoms with van der Waals surface area (Å²) in [5, 5.41) is 0. The third-order valence-electron chi connectivity index (χ3n) is 1.89. The second-order valence-corrected chi connectivity index (χ2v) is 3.78. The van der Waals surface area contributed by atoms with Crippen LogP contribution in [0, 0.1) is 13.8 Å². The highest BCUT2D eigenvalue weighted by Gasteiger charge is 2.03. The van der Waals surface area contributed by atoms with Gasteiger partial charge in [0, 0.05) is 43.3 Å². The van der Waals surface area contributed by atoms with Crippen LogP contribution in [-0.4, -0.2) is 29.8 Å². The minimum atomic E-state index is 0.0114. The standard InChI is InChI=1S/C12H16N2O/c1-9-7-11(8-10(2)13-9)12(15)5-6-14(3)4/h5-8H,1-4H3. The first-order chi connectivity index (χ1) is 6.99. The van der Waals surface area contributed by atoms with Gasteiger partial charge in [0.1, 0.15) is 0 Å². The summed E-state index contributed by atoms with van der Waals surface area (Å²) in [5.74, 6) is 0.0114. The quantitative estimate of drug-likeness (QED) is 0.557. The molecule has 1 aromatic heterocycles. The van der Waals surface area contributed by atoms with E-state index in [1.807, 2.05) is 32.8 Å². The number of aromatic nitrogens is 1. The lowest BCUT2D eigenvalue weighted by molar-refractivity contribution is 0.104. The van der Waals surface area contributed by atoms with Crippen LogP contribution in [0.15, 0.2) is 24.4 Å². The van der Waals surface area contributed by atoms with Gasteiger partial charge in [0.25, 0.3) is 0 Å². The van der Waals surface area contributed by atoms with E-state index in [-0.39, 0.29) is 5.78 Å². The van der Waals surface area contributed by atoms with Crippen LogP contribution in [0.25, 0.3) is 0 Å². The highest BCUT2D eigenvalue weighted by molar-refractivity contribution is 6.04. The Hall–Kier alpha value is -1.64. The van der Waals surface area contributed by atoms with Crippen molar-refractivity contribution in [2.75, 3.05) is 14.1 Å². The Bertz CT molecular complexity index is 374. The Morgan fingerprint density at radius 3 is 2.27 bits per heavy atom. The summed E-state index contributed by atoms with van der Waals surface area (Å²) < 4.78 is 0. The fourth-order valence-electron chi connectivity index (χ4n) is 1.29. The molecular formula is C12H16N2O. The predicted octanol–water partition coefficient (Wildman–Crippen LogP) is 1.96. The zero-order valence-electron chi connectivity index (χ0n) is 9.61. The highest BCUT2D eigenvalue weighted by Crippen LogP contribution is 2.06. The molecule has 0 aliphatic heterocycles. The van der Waals surface area contributed by atoms with Crippen LogP contribution in [0.2, 0.25) is 0 Å². The zero-order chi connectivity index (χ0) is 11.4. The van der Waals surface area contributed by atoms with Crippen LogP contribution in [0.4, 0.5) is 0 Å². The largest absolute Gasteiger partial charge is 0.383 e. The first-order valence-electron chi connectivity index (χ1n) is 4.83. The average Bonchev–Trinajstić information content (AvgIpc) is 2.12. The minimum absolute atomic E-state index is 0.0114. The lowest BCUT2D eigenvalue weighted by Gasteiger charge is -2.03. The predicted molar refractivity (Wildman–Crippen MR) is 60.9 cm³/mol. The van der Waals surface area contributed by atoms with E-state index in [4.69, 9.17) is 0 Å². The van der Waals surface area contributed by atoms with E-state index >= 15 is 0 Å². The molecule has 0 spiro atoms. The van der Waals surface area contributed by atoms with E-state index in [0.717, 1.165) is 11.4 Å². The number of rotatable bonds is 3. The molecular weight excluding hydrogens is 188 g/mol. The SMILES string of the molecule is Cc1cc(C(=O)C=CN(C)C)cc(C)n1. The molecule has 3 nitrogen and oxygen atoms in total. The zero-order valence-corrected chi connectivity index (χ0v) is 9.61. The molecule has 0 bridgehead atoms. The molecule has 0 aliphatic rings. The minimum Gasteiger partial charge on any atom is -0.383 e. The summed E-state index contributed by atoms with van der Waals surface area (Å²) in [4.78, 5) is 17.8. The summed E-state index contributed by atoms with van der Waals surface area (Å²) >= 11 is 0. The lowest BCUT2D eigenvalue weighted by Crippen LogP contribution is -2.04. The van der Waals surface area contributed by atoms with Crippen molar-refractivity contribution in [3.63, 3.8) is 0 Å². The first-order valence-corrected chi connectivity index (χ1v) is 4.83. The molecule has 3 heteroatoms. The molecule has 1 heterocycles. The molecule has 0 radical (unpaired) electrons. The van der Waals surface area contributed by atoms with Gasteiger partial charge in [-0.25, -0.2) is 0 Å². The average molecular weight is 204 g/mol. The van der Waals surface area contributed by atoms with Crippen molar-refractivity contribution in [2.45, 2.75) is 13.8 Å². The van der Waals surface area contributed by atoms with Gasteiger partial charge in [0.15, 0.2) is 5.78 Å². The van der Waals surface area contributed by atoms with E-state index in [1.165, 1.54) is 0 Å². The van der Waals surface area contributed by atoms with Gasteiger partial charge in [0.2, 0.25) is 0 Å². The molecule has 0 saturated heterocycles. The first kappa shape index (κ1) is 11.4. The van der Waals surface area contributed by atoms with Gasteiger partial charge >= 0.3 is 0 Å². The topological polar surface area (TPSA) is 33.2 Å². The van der Waals surface area contributed by atoms with Crippen molar-refractivity contribution in [3.05, 3.63) is 41.4 Å². The maximum absolute atomic E-state index is 11.7. The van der Waals surface area contributed by atoms with Crippen LogP contribution in [0.5, 0.6) is 0 Å². The van der Waals surface area contributed by atoms with Gasteiger partial charge in [-0.2, -0.15) is 0 Å². The Labute approximate surface area is 90.4 Å². The van der Waals surface area contributed by atoms with Crippen molar-refractivity contribution in [3.8, 4) is 0 Å². The third-order valence-corrected chi connectivity index (χ3v) is 1.89. The number of hydrogen-bond acceptors (Lipinski definition) is 3. The van der Waals surface area contributed by atoms with E-state index in [9.17, 15) is 4.79 Å². The number of aryl methyl sites for hydroxylation is 2. The van der Waals surface area contributed by atoms with Crippen LogP contribution in [0.1, 0.15) is 21.7 Å². The summed E-state index contributed by atoms with van der Waals surface area (Å²) in [6.45, 7) is 3.78. The van der Waals surface area contributed by atoms with Crippen molar-refractivity contribution in [2.24, 2.45) is 0 Å². The fourth-order valence-corrected chi connectivity index (χ4v) is 1.29. The normalized spacial score (nSPS) is 10.7. The van der Waals surface area contributed by atoms with Crippen LogP contribution in [-0.2, 0) is 0 Å². The molecule has 15 heavy (non-hydrogen) atoms. The highest BCUT2D eigenvalue weighted by atomic mass is 16.1. The molecule has 0 unspecified atom stereocenters. The molecule has 0 saturated carbocycles. The van der Waals surface area contributed by atoms with Crippen molar-refractivity contribution in [1.82, 2.24) is 9.88 Å². The molecule has 0 fully saturated rings. The van der Waals surface area contributed by atoms with E-state index in [1.54, 1.807) is 24.4 Å². The molecule has 0 aliphatic carbocycles. The molecule has 0 atom stereocenters. The molecule has 0 aromatic carbocycles. The Morgan fingerprint density at radius 1 is 1.27 bits per heavy atom. The number of carbonyl (C=O) groups is 1. The van der Waals surface area contributed by atoms with Gasteiger partial charge in [-0.05, 0) is 26.0 Å². The number of pyridine rings is 1. The number of hydrogen-bond donors (Lipinski definition) is 0. The van der Waals surface area contributed by atoms with Gasteiger partial charge in [-0.3, -0.25) is 9.78 Å². The van der Waals surface area contributed by atoms with E-state index in [0.29, 0.717) is 5.56 Å². The second kappa shape index (κ2) is 4.73. The number of allylic oxidation sites excluding steroid dienone is 1. The third kappa shape index (κ3) is 3.54. The number of carbonyl (C=O) groups excluding carboxylic acids is 1. The Morgan fingerprint density at radius 2 is 1.80 bits per heavy atom. The molecule has 0 N–H and O–H groups in total. The monoisotopic (exact) mass is 204 g/mol. The number of nitrogens with zero attached hydrogens (tertiary/aromatic N) is 2. The van der Waals surface area contributed by atoms with Crippen molar-refractivity contribution < 1.29 is 4.79 Å². The van der Waals surface area contributed by atoms with Crippen molar-refractivity contribution >= 4 is 5.78 Å². The second-order valence-electron chi connectivity index (χ2n) is 3.78. The molecule has 80 valence electrons. The maximum Gasteiger partial charge on any atom is 0.187 e. The summed E-state index contributed by atoms with van der Waals surface area (Å²) in [6, 6.07) is 3.60. The van der Waals surface area contributed by atoms with E-state index < -0.39 is 0 Å². The smallest absolute Gasteiger partial charge is 0.187 e. The molecule has 1 rings (SSSR count). The Kier molecular flexibility index (Phi) is 3.61. The summed E-state index contributed by atoms with van der Waals surface area (Å²) in [6.07, 6.45) is 3.31. The van der Waals surface area contributed by atoms with Gasteiger partial charge < -0.3 is 4.90 Å². The van der Waals surface area contributed by atoms with Crippen LogP contribution in [0.3, 0.4) is 0 Å². The molecule has 1 aromatic rings. The van der Waals surface area contributed by atoms with Crippen LogP contribution >= 0.6 is 0 Å². The van der Waals surface area contributed by atoms with E-state index in [2.05, 4.69) is 4.98 Å². The summed E-state index contributed by atoms with van der Waals surface area (Å²) in [5.41, 5.74) is 2.44.